The van der Waals surface area contributed by atoms with Gasteiger partial charge in [-0.2, -0.15) is 0 Å². The number of para-hydroxylation sites is 6. The molecular weight excluding hydrogens is 1210 g/mol. The first-order chi connectivity index (χ1) is 49.6. The number of aromatic nitrogens is 6. The summed E-state index contributed by atoms with van der Waals surface area (Å²) in [6.45, 7) is 0. The molecule has 0 amide bonds. The Morgan fingerprint density at radius 1 is 0.150 bits per heavy atom. The molecule has 0 radical (unpaired) electrons. The Kier molecular flexibility index (Phi) is 13.2. The molecule has 0 aliphatic rings. The van der Waals surface area contributed by atoms with Gasteiger partial charge in [-0.25, -0.2) is 9.97 Å². The Labute approximate surface area is 577 Å². The molecule has 466 valence electrons. The molecule has 15 aromatic carbocycles. The molecule has 5 aromatic heterocycles. The van der Waals surface area contributed by atoms with Gasteiger partial charge in [-0.3, -0.25) is 0 Å². The fourth-order valence-corrected chi connectivity index (χ4v) is 15.7. The summed E-state index contributed by atoms with van der Waals surface area (Å²) in [7, 11) is 0. The van der Waals surface area contributed by atoms with E-state index in [4.69, 9.17) is 9.97 Å². The maximum absolute atomic E-state index is 5.29. The van der Waals surface area contributed by atoms with Crippen LogP contribution >= 0.6 is 0 Å². The van der Waals surface area contributed by atoms with E-state index in [9.17, 15) is 0 Å². The van der Waals surface area contributed by atoms with E-state index in [1.165, 1.54) is 109 Å². The van der Waals surface area contributed by atoms with Gasteiger partial charge in [0.05, 0.1) is 55.5 Å². The van der Waals surface area contributed by atoms with Gasteiger partial charge < -0.3 is 18.3 Å². The zero-order valence-corrected chi connectivity index (χ0v) is 54.3. The van der Waals surface area contributed by atoms with Crippen molar-refractivity contribution in [2.24, 2.45) is 0 Å². The van der Waals surface area contributed by atoms with Crippen LogP contribution in [-0.2, 0) is 0 Å². The highest BCUT2D eigenvalue weighted by Crippen LogP contribution is 2.43. The first-order valence-electron chi connectivity index (χ1n) is 34.2. The summed E-state index contributed by atoms with van der Waals surface area (Å²) in [4.78, 5) is 10.6. The molecule has 0 atom stereocenters. The topological polar surface area (TPSA) is 45.5 Å². The molecule has 0 N–H and O–H groups in total. The minimum absolute atomic E-state index is 0.677. The van der Waals surface area contributed by atoms with Crippen molar-refractivity contribution in [2.45, 2.75) is 0 Å². The lowest BCUT2D eigenvalue weighted by molar-refractivity contribution is 1.18. The van der Waals surface area contributed by atoms with Crippen LogP contribution in [0.5, 0.6) is 0 Å². The minimum Gasteiger partial charge on any atom is -0.309 e. The molecule has 20 aromatic rings. The standard InChI is InChI=1S/C94H60N6/c1-4-20-63(21-5-1)94-95-84(70-24-18-22-64(54-70)61-38-46-74(47-39-61)99-88-36-16-12-32-78(88)82-58-68(44-52-92(82)99)66-42-50-90-80(56-66)76-30-10-14-34-86(76)97(90)72-26-6-2-7-27-72)60-85(96-94)71-25-19-23-65(55-71)62-40-48-75(49-41-62)100-89-37-17-13-33-79(89)83-59-69(45-53-93(83)100)67-43-51-91-81(57-67)77-31-11-15-35-87(77)98(91)73-28-8-3-9-29-73/h1-60H. The average molecular weight is 1270 g/mol. The van der Waals surface area contributed by atoms with Crippen LogP contribution in [0.25, 0.3) is 188 Å². The number of fused-ring (bicyclic) bond motifs is 12. The van der Waals surface area contributed by atoms with Crippen molar-refractivity contribution in [2.75, 3.05) is 0 Å². The molecule has 0 unspecified atom stereocenters. The van der Waals surface area contributed by atoms with Gasteiger partial charge >= 0.3 is 0 Å². The highest BCUT2D eigenvalue weighted by atomic mass is 15.0. The van der Waals surface area contributed by atoms with Crippen molar-refractivity contribution in [3.63, 3.8) is 0 Å². The maximum atomic E-state index is 5.29. The van der Waals surface area contributed by atoms with Gasteiger partial charge in [0.1, 0.15) is 0 Å². The second-order valence-electron chi connectivity index (χ2n) is 26.1. The van der Waals surface area contributed by atoms with Crippen molar-refractivity contribution >= 4 is 87.2 Å². The molecule has 0 saturated carbocycles. The van der Waals surface area contributed by atoms with Gasteiger partial charge in [-0.1, -0.05) is 224 Å². The van der Waals surface area contributed by atoms with E-state index in [0.717, 1.165) is 73.1 Å². The number of hydrogen-bond donors (Lipinski definition) is 0. The second kappa shape index (κ2) is 23.2. The van der Waals surface area contributed by atoms with Crippen LogP contribution in [0.3, 0.4) is 0 Å². The summed E-state index contributed by atoms with van der Waals surface area (Å²) >= 11 is 0. The number of hydrogen-bond acceptors (Lipinski definition) is 2. The lowest BCUT2D eigenvalue weighted by Crippen LogP contribution is -1.96. The van der Waals surface area contributed by atoms with E-state index in [-0.39, 0.29) is 0 Å². The number of rotatable bonds is 11. The van der Waals surface area contributed by atoms with Gasteiger partial charge in [0.2, 0.25) is 0 Å². The van der Waals surface area contributed by atoms with Crippen LogP contribution in [-0.4, -0.2) is 28.2 Å². The first kappa shape index (κ1) is 56.9. The van der Waals surface area contributed by atoms with Crippen LogP contribution in [0.1, 0.15) is 0 Å². The zero-order chi connectivity index (χ0) is 65.8. The van der Waals surface area contributed by atoms with Crippen LogP contribution in [0.15, 0.2) is 364 Å². The molecule has 6 nitrogen and oxygen atoms in total. The quantitative estimate of drug-likeness (QED) is 0.130. The molecule has 0 aliphatic carbocycles. The summed E-state index contributed by atoms with van der Waals surface area (Å²) in [6.07, 6.45) is 0. The van der Waals surface area contributed by atoms with Crippen molar-refractivity contribution in [1.29, 1.82) is 0 Å². The zero-order valence-electron chi connectivity index (χ0n) is 54.3. The molecule has 0 saturated heterocycles. The van der Waals surface area contributed by atoms with E-state index < -0.39 is 0 Å². The van der Waals surface area contributed by atoms with E-state index in [1.54, 1.807) is 0 Å². The molecule has 20 rings (SSSR count). The van der Waals surface area contributed by atoms with Crippen molar-refractivity contribution in [3.05, 3.63) is 364 Å². The third-order valence-corrected chi connectivity index (χ3v) is 20.4. The van der Waals surface area contributed by atoms with Gasteiger partial charge in [-0.15, -0.1) is 0 Å². The molecule has 5 heterocycles. The van der Waals surface area contributed by atoms with Crippen molar-refractivity contribution in [3.8, 4) is 101 Å². The largest absolute Gasteiger partial charge is 0.309 e. The predicted octanol–water partition coefficient (Wildman–Crippen LogP) is 24.5. The maximum Gasteiger partial charge on any atom is 0.160 e. The fourth-order valence-electron chi connectivity index (χ4n) is 15.7. The van der Waals surface area contributed by atoms with E-state index in [2.05, 4.69) is 376 Å². The van der Waals surface area contributed by atoms with Crippen LogP contribution in [0, 0.1) is 0 Å². The third-order valence-electron chi connectivity index (χ3n) is 20.4. The molecule has 100 heavy (non-hydrogen) atoms. The SMILES string of the molecule is c1ccc(-c2nc(-c3cccc(-c4ccc(-n5c6ccccc6c6cc(-c7ccc8c(c7)c7ccccc7n8-c7ccccc7)ccc65)cc4)c3)cc(-c3cccc(-c4ccc(-n5c6ccccc6c6cc(-c7ccc8c(c7)c7ccccc7n8-c7ccccc7)ccc65)cc4)c3)n2)cc1. The predicted molar refractivity (Wildman–Crippen MR) is 417 cm³/mol. The third kappa shape index (κ3) is 9.41. The smallest absolute Gasteiger partial charge is 0.160 e. The Morgan fingerprint density at radius 3 is 0.740 bits per heavy atom. The van der Waals surface area contributed by atoms with Crippen LogP contribution in [0.4, 0.5) is 0 Å². The van der Waals surface area contributed by atoms with Crippen LogP contribution < -0.4 is 0 Å². The van der Waals surface area contributed by atoms with Crippen LogP contribution in [0.2, 0.25) is 0 Å². The highest BCUT2D eigenvalue weighted by molar-refractivity contribution is 6.15. The number of benzene rings is 15. The summed E-state index contributed by atoms with van der Waals surface area (Å²) in [5, 5.41) is 9.86. The van der Waals surface area contributed by atoms with Crippen molar-refractivity contribution < 1.29 is 0 Å². The molecule has 0 aliphatic heterocycles. The fraction of sp³-hybridized carbons (Fsp3) is 0. The number of nitrogens with zero attached hydrogens (tertiary/aromatic N) is 6. The average Bonchev–Trinajstić information content (AvgIpc) is 1.60. The monoisotopic (exact) mass is 1270 g/mol. The molecule has 6 heteroatoms. The van der Waals surface area contributed by atoms with Gasteiger partial charge in [0, 0.05) is 82.5 Å². The molecule has 0 spiro atoms. The van der Waals surface area contributed by atoms with Gasteiger partial charge in [0.25, 0.3) is 0 Å². The highest BCUT2D eigenvalue weighted by Gasteiger charge is 2.21. The Hall–Kier alpha value is -13.4. The summed E-state index contributed by atoms with van der Waals surface area (Å²) in [6, 6.07) is 132. The Balaban J connectivity index is 0.600. The lowest BCUT2D eigenvalue weighted by Gasteiger charge is -2.13. The summed E-state index contributed by atoms with van der Waals surface area (Å²) in [5.41, 5.74) is 27.9. The Bertz CT molecular complexity index is 6230. The van der Waals surface area contributed by atoms with Gasteiger partial charge in [-0.05, 0) is 184 Å². The van der Waals surface area contributed by atoms with E-state index in [0.29, 0.717) is 5.82 Å². The minimum atomic E-state index is 0.677. The Morgan fingerprint density at radius 2 is 0.400 bits per heavy atom. The summed E-state index contributed by atoms with van der Waals surface area (Å²) in [5.74, 6) is 0.677. The van der Waals surface area contributed by atoms with E-state index in [1.807, 2.05) is 6.07 Å². The summed E-state index contributed by atoms with van der Waals surface area (Å²) < 4.78 is 9.55. The molecule has 0 bridgehead atoms. The second-order valence-corrected chi connectivity index (χ2v) is 26.1. The van der Waals surface area contributed by atoms with Crippen molar-refractivity contribution in [1.82, 2.24) is 28.2 Å². The normalized spacial score (nSPS) is 11.8. The molecule has 0 fully saturated rings. The molecular formula is C94H60N6. The van der Waals surface area contributed by atoms with E-state index >= 15 is 0 Å². The van der Waals surface area contributed by atoms with Gasteiger partial charge in [0.15, 0.2) is 5.82 Å². The lowest BCUT2D eigenvalue weighted by atomic mass is 9.99. The first-order valence-corrected chi connectivity index (χ1v) is 34.2.